The highest BCUT2D eigenvalue weighted by atomic mass is 35.5. The van der Waals surface area contributed by atoms with Crippen molar-refractivity contribution in [1.82, 2.24) is 5.32 Å². The first-order valence-electron chi connectivity index (χ1n) is 5.77. The number of rotatable bonds is 5. The van der Waals surface area contributed by atoms with Gasteiger partial charge in [0.2, 0.25) is 0 Å². The molecule has 0 aliphatic heterocycles. The fourth-order valence-electron chi connectivity index (χ4n) is 1.74. The van der Waals surface area contributed by atoms with E-state index in [1.54, 1.807) is 0 Å². The molecule has 1 aromatic carbocycles. The molecule has 0 aromatic heterocycles. The average molecular weight is 289 g/mol. The molecule has 0 aliphatic rings. The lowest BCUT2D eigenvalue weighted by atomic mass is 10.1. The van der Waals surface area contributed by atoms with Crippen molar-refractivity contribution < 1.29 is 4.39 Å². The SMILES string of the molecule is CCC(CC#N)NC(C)c1cc(F)c(Cl)cc1Cl. The molecule has 2 atom stereocenters. The van der Waals surface area contributed by atoms with Crippen LogP contribution in [0.2, 0.25) is 10.0 Å². The first-order valence-corrected chi connectivity index (χ1v) is 6.52. The van der Waals surface area contributed by atoms with Crippen LogP contribution in [0.25, 0.3) is 0 Å². The third kappa shape index (κ3) is 3.84. The molecule has 0 amide bonds. The van der Waals surface area contributed by atoms with Crippen LogP contribution in [-0.2, 0) is 0 Å². The molecule has 2 nitrogen and oxygen atoms in total. The molecule has 1 rings (SSSR count). The fourth-order valence-corrected chi connectivity index (χ4v) is 2.29. The van der Waals surface area contributed by atoms with E-state index in [0.29, 0.717) is 17.0 Å². The van der Waals surface area contributed by atoms with Gasteiger partial charge >= 0.3 is 0 Å². The number of halogens is 3. The van der Waals surface area contributed by atoms with E-state index < -0.39 is 5.82 Å². The molecule has 0 radical (unpaired) electrons. The number of nitrogens with one attached hydrogen (secondary N) is 1. The Morgan fingerprint density at radius 1 is 1.39 bits per heavy atom. The number of nitriles is 1. The second kappa shape index (κ2) is 6.94. The van der Waals surface area contributed by atoms with Gasteiger partial charge < -0.3 is 5.32 Å². The van der Waals surface area contributed by atoms with Gasteiger partial charge in [-0.1, -0.05) is 30.1 Å². The van der Waals surface area contributed by atoms with Gasteiger partial charge in [-0.25, -0.2) is 4.39 Å². The number of nitrogens with zero attached hydrogens (tertiary/aromatic N) is 1. The van der Waals surface area contributed by atoms with Gasteiger partial charge in [0.25, 0.3) is 0 Å². The van der Waals surface area contributed by atoms with Crippen molar-refractivity contribution in [3.05, 3.63) is 33.6 Å². The average Bonchev–Trinajstić information content (AvgIpc) is 2.33. The molecular weight excluding hydrogens is 274 g/mol. The van der Waals surface area contributed by atoms with Crippen molar-refractivity contribution in [2.45, 2.75) is 38.8 Å². The van der Waals surface area contributed by atoms with E-state index in [1.165, 1.54) is 12.1 Å². The summed E-state index contributed by atoms with van der Waals surface area (Å²) in [6.45, 7) is 3.88. The summed E-state index contributed by atoms with van der Waals surface area (Å²) >= 11 is 11.7. The fraction of sp³-hybridized carbons (Fsp3) is 0.462. The quantitative estimate of drug-likeness (QED) is 0.811. The minimum absolute atomic E-state index is 0.0139. The Labute approximate surface area is 117 Å². The molecule has 5 heteroatoms. The third-order valence-electron chi connectivity index (χ3n) is 2.82. The second-order valence-corrected chi connectivity index (χ2v) is 4.96. The van der Waals surface area contributed by atoms with E-state index in [-0.39, 0.29) is 17.1 Å². The minimum atomic E-state index is -0.488. The van der Waals surface area contributed by atoms with Gasteiger partial charge in [-0.15, -0.1) is 0 Å². The smallest absolute Gasteiger partial charge is 0.142 e. The largest absolute Gasteiger partial charge is 0.306 e. The zero-order chi connectivity index (χ0) is 13.7. The van der Waals surface area contributed by atoms with E-state index in [2.05, 4.69) is 11.4 Å². The Balaban J connectivity index is 2.87. The Kier molecular flexibility index (Phi) is 5.87. The van der Waals surface area contributed by atoms with Crippen LogP contribution in [0.4, 0.5) is 4.39 Å². The second-order valence-electron chi connectivity index (χ2n) is 4.14. The van der Waals surface area contributed by atoms with Gasteiger partial charge in [-0.05, 0) is 31.0 Å². The summed E-state index contributed by atoms with van der Waals surface area (Å²) in [5, 5.41) is 12.4. The molecule has 0 aliphatic carbocycles. The molecule has 0 fully saturated rings. The zero-order valence-corrected chi connectivity index (χ0v) is 11.8. The van der Waals surface area contributed by atoms with Gasteiger partial charge in [0.1, 0.15) is 5.82 Å². The minimum Gasteiger partial charge on any atom is -0.306 e. The summed E-state index contributed by atoms with van der Waals surface area (Å²) in [6.07, 6.45) is 1.24. The van der Waals surface area contributed by atoms with Crippen LogP contribution in [0, 0.1) is 17.1 Å². The Hall–Kier alpha value is -0.820. The first-order chi connectivity index (χ1) is 8.49. The predicted molar refractivity (Wildman–Crippen MR) is 72.3 cm³/mol. The van der Waals surface area contributed by atoms with Crippen molar-refractivity contribution in [2.75, 3.05) is 0 Å². The molecule has 0 saturated heterocycles. The molecule has 2 unspecified atom stereocenters. The van der Waals surface area contributed by atoms with Gasteiger partial charge in [0, 0.05) is 17.1 Å². The molecular formula is C13H15Cl2FN2. The highest BCUT2D eigenvalue weighted by Gasteiger charge is 2.16. The lowest BCUT2D eigenvalue weighted by Gasteiger charge is -2.21. The first kappa shape index (κ1) is 15.2. The monoisotopic (exact) mass is 288 g/mol. The Morgan fingerprint density at radius 3 is 2.61 bits per heavy atom. The number of hydrogen-bond donors (Lipinski definition) is 1. The molecule has 1 N–H and O–H groups in total. The van der Waals surface area contributed by atoms with Crippen molar-refractivity contribution in [1.29, 1.82) is 5.26 Å². The van der Waals surface area contributed by atoms with Crippen molar-refractivity contribution in [3.8, 4) is 6.07 Å². The van der Waals surface area contributed by atoms with Crippen LogP contribution in [0.1, 0.15) is 38.3 Å². The lowest BCUT2D eigenvalue weighted by molar-refractivity contribution is 0.446. The maximum Gasteiger partial charge on any atom is 0.142 e. The summed E-state index contributed by atoms with van der Waals surface area (Å²) in [7, 11) is 0. The highest BCUT2D eigenvalue weighted by molar-refractivity contribution is 6.35. The zero-order valence-electron chi connectivity index (χ0n) is 10.3. The molecule has 0 heterocycles. The molecule has 0 saturated carbocycles. The van der Waals surface area contributed by atoms with Crippen LogP contribution in [-0.4, -0.2) is 6.04 Å². The summed E-state index contributed by atoms with van der Waals surface area (Å²) in [6, 6.07) is 4.79. The van der Waals surface area contributed by atoms with Crippen LogP contribution in [0.15, 0.2) is 12.1 Å². The summed E-state index contributed by atoms with van der Waals surface area (Å²) in [4.78, 5) is 0. The maximum absolute atomic E-state index is 13.4. The van der Waals surface area contributed by atoms with Crippen LogP contribution >= 0.6 is 23.2 Å². The van der Waals surface area contributed by atoms with E-state index in [9.17, 15) is 4.39 Å². The molecule has 18 heavy (non-hydrogen) atoms. The van der Waals surface area contributed by atoms with E-state index >= 15 is 0 Å². The Bertz CT molecular complexity index is 457. The molecule has 1 aromatic rings. The molecule has 98 valence electrons. The van der Waals surface area contributed by atoms with Crippen LogP contribution < -0.4 is 5.32 Å². The lowest BCUT2D eigenvalue weighted by Crippen LogP contribution is -2.30. The van der Waals surface area contributed by atoms with Crippen molar-refractivity contribution in [2.24, 2.45) is 0 Å². The van der Waals surface area contributed by atoms with E-state index in [0.717, 1.165) is 6.42 Å². The van der Waals surface area contributed by atoms with Crippen LogP contribution in [0.5, 0.6) is 0 Å². The topological polar surface area (TPSA) is 35.8 Å². The number of benzene rings is 1. The maximum atomic E-state index is 13.4. The van der Waals surface area contributed by atoms with E-state index in [1.807, 2.05) is 13.8 Å². The summed E-state index contributed by atoms with van der Waals surface area (Å²) < 4.78 is 13.4. The molecule has 0 bridgehead atoms. The standard InChI is InChI=1S/C13H15Cl2FN2/c1-3-9(4-5-17)18-8(2)10-6-13(16)12(15)7-11(10)14/h6-9,18H,3-4H2,1-2H3. The van der Waals surface area contributed by atoms with Gasteiger partial charge in [0.05, 0.1) is 17.5 Å². The highest BCUT2D eigenvalue weighted by Crippen LogP contribution is 2.29. The van der Waals surface area contributed by atoms with Crippen molar-refractivity contribution in [3.63, 3.8) is 0 Å². The van der Waals surface area contributed by atoms with Gasteiger partial charge in [-0.3, -0.25) is 0 Å². The molecule has 0 spiro atoms. The van der Waals surface area contributed by atoms with Gasteiger partial charge in [0.15, 0.2) is 0 Å². The van der Waals surface area contributed by atoms with E-state index in [4.69, 9.17) is 28.5 Å². The Morgan fingerprint density at radius 2 is 2.06 bits per heavy atom. The van der Waals surface area contributed by atoms with Gasteiger partial charge in [-0.2, -0.15) is 5.26 Å². The third-order valence-corrected chi connectivity index (χ3v) is 3.44. The summed E-state index contributed by atoms with van der Waals surface area (Å²) in [5.41, 5.74) is 0.648. The van der Waals surface area contributed by atoms with Crippen molar-refractivity contribution >= 4 is 23.2 Å². The predicted octanol–water partition coefficient (Wildman–Crippen LogP) is 4.48. The normalized spacial score (nSPS) is 14.0. The summed E-state index contributed by atoms with van der Waals surface area (Å²) in [5.74, 6) is -0.488. The van der Waals surface area contributed by atoms with Crippen LogP contribution in [0.3, 0.4) is 0 Å². The number of hydrogen-bond acceptors (Lipinski definition) is 2.